The van der Waals surface area contributed by atoms with E-state index in [0.717, 1.165) is 77.4 Å². The van der Waals surface area contributed by atoms with Gasteiger partial charge in [0, 0.05) is 50.5 Å². The van der Waals surface area contributed by atoms with Crippen LogP contribution in [0.4, 0.5) is 0 Å². The molecule has 2 fully saturated rings. The molecule has 4 atom stereocenters. The maximum Gasteiger partial charge on any atom is 0.338 e. The van der Waals surface area contributed by atoms with Gasteiger partial charge in [0.2, 0.25) is 0 Å². The fraction of sp³-hybridized carbons (Fsp3) is 1.00. The Hall–Kier alpha value is -0.0231. The van der Waals surface area contributed by atoms with Gasteiger partial charge >= 0.3 is 8.56 Å². The highest BCUT2D eigenvalue weighted by molar-refractivity contribution is 6.67. The molecule has 2 heterocycles. The SMILES string of the molecule is CCC(COCCC[Si](CCCOCC(CC)C1CCO1)(OC(C)C)OC(C)C)C1CCO1. The number of rotatable bonds is 20. The first-order valence-electron chi connectivity index (χ1n) is 13.6. The molecule has 0 aliphatic carbocycles. The van der Waals surface area contributed by atoms with Gasteiger partial charge in [0.25, 0.3) is 0 Å². The van der Waals surface area contributed by atoms with Crippen LogP contribution in [0.25, 0.3) is 0 Å². The minimum absolute atomic E-state index is 0.165. The summed E-state index contributed by atoms with van der Waals surface area (Å²) >= 11 is 0. The monoisotopic (exact) mass is 488 g/mol. The Balaban J connectivity index is 1.76. The van der Waals surface area contributed by atoms with E-state index in [1.165, 1.54) is 12.8 Å². The van der Waals surface area contributed by atoms with E-state index < -0.39 is 8.56 Å². The van der Waals surface area contributed by atoms with Crippen LogP contribution >= 0.6 is 0 Å². The van der Waals surface area contributed by atoms with Crippen LogP contribution in [0, 0.1) is 11.8 Å². The Bertz CT molecular complexity index is 451. The number of hydrogen-bond acceptors (Lipinski definition) is 6. The average molecular weight is 489 g/mol. The topological polar surface area (TPSA) is 55.4 Å². The number of ether oxygens (including phenoxy) is 4. The van der Waals surface area contributed by atoms with Crippen LogP contribution in [0.1, 0.15) is 80.1 Å². The molecule has 2 aliphatic rings. The van der Waals surface area contributed by atoms with Crippen molar-refractivity contribution in [2.75, 3.05) is 39.6 Å². The molecule has 4 unspecified atom stereocenters. The molecule has 6 nitrogen and oxygen atoms in total. The largest absolute Gasteiger partial charge is 0.392 e. The lowest BCUT2D eigenvalue weighted by atomic mass is 9.95. The summed E-state index contributed by atoms with van der Waals surface area (Å²) in [4.78, 5) is 0. The van der Waals surface area contributed by atoms with Gasteiger partial charge in [-0.3, -0.25) is 0 Å². The zero-order chi connectivity index (χ0) is 24.1. The summed E-state index contributed by atoms with van der Waals surface area (Å²) in [5.41, 5.74) is 0. The van der Waals surface area contributed by atoms with Gasteiger partial charge in [0.05, 0.1) is 25.4 Å². The first-order valence-corrected chi connectivity index (χ1v) is 15.9. The fourth-order valence-corrected chi connectivity index (χ4v) is 8.69. The molecule has 0 aromatic carbocycles. The van der Waals surface area contributed by atoms with Gasteiger partial charge in [-0.2, -0.15) is 0 Å². The first kappa shape index (κ1) is 29.2. The summed E-state index contributed by atoms with van der Waals surface area (Å²) in [6.45, 7) is 17.9. The summed E-state index contributed by atoms with van der Waals surface area (Å²) in [5, 5.41) is 0. The molecule has 0 radical (unpaired) electrons. The maximum absolute atomic E-state index is 6.54. The zero-order valence-electron chi connectivity index (χ0n) is 22.3. The van der Waals surface area contributed by atoms with Crippen LogP contribution in [0.2, 0.25) is 12.1 Å². The summed E-state index contributed by atoms with van der Waals surface area (Å²) in [7, 11) is -2.34. The highest BCUT2D eigenvalue weighted by Crippen LogP contribution is 2.28. The Morgan fingerprint density at radius 2 is 1.12 bits per heavy atom. The van der Waals surface area contributed by atoms with Gasteiger partial charge in [-0.25, -0.2) is 0 Å². The van der Waals surface area contributed by atoms with E-state index in [2.05, 4.69) is 41.5 Å². The molecule has 0 spiro atoms. The summed E-state index contributed by atoms with van der Waals surface area (Å²) in [5.74, 6) is 1.04. The van der Waals surface area contributed by atoms with Crippen LogP contribution in [-0.2, 0) is 27.8 Å². The second-order valence-corrected chi connectivity index (χ2v) is 13.6. The van der Waals surface area contributed by atoms with E-state index in [4.69, 9.17) is 27.8 Å². The Morgan fingerprint density at radius 3 is 1.39 bits per heavy atom. The zero-order valence-corrected chi connectivity index (χ0v) is 23.3. The molecule has 0 aromatic rings. The van der Waals surface area contributed by atoms with Gasteiger partial charge in [-0.1, -0.05) is 13.8 Å². The molecule has 7 heteroatoms. The second kappa shape index (κ2) is 15.9. The fourth-order valence-electron chi connectivity index (χ4n) is 4.83. The molecule has 2 rings (SSSR count). The molecule has 0 aromatic heterocycles. The third kappa shape index (κ3) is 10.6. The van der Waals surface area contributed by atoms with Crippen molar-refractivity contribution in [2.24, 2.45) is 11.8 Å². The molecule has 0 bridgehead atoms. The first-order chi connectivity index (χ1) is 15.9. The van der Waals surface area contributed by atoms with Gasteiger partial charge in [-0.05, 0) is 78.3 Å². The Kier molecular flexibility index (Phi) is 14.0. The van der Waals surface area contributed by atoms with E-state index in [0.29, 0.717) is 24.0 Å². The molecule has 0 amide bonds. The standard InChI is InChI=1S/C26H52O6Si/c1-7-23(25-11-15-29-25)19-27-13-9-17-33(31-21(3)4,32-22(5)6)18-10-14-28-20-24(8-2)26-12-16-30-26/h21-26H,7-20H2,1-6H3. The molecule has 33 heavy (non-hydrogen) atoms. The third-order valence-corrected chi connectivity index (χ3v) is 10.9. The van der Waals surface area contributed by atoms with Crippen molar-refractivity contribution in [3.05, 3.63) is 0 Å². The highest BCUT2D eigenvalue weighted by atomic mass is 28.4. The smallest absolute Gasteiger partial charge is 0.338 e. The molecule has 0 saturated carbocycles. The van der Waals surface area contributed by atoms with Crippen molar-refractivity contribution < 1.29 is 27.8 Å². The predicted octanol–water partition coefficient (Wildman–Crippen LogP) is 5.72. The highest BCUT2D eigenvalue weighted by Gasteiger charge is 2.39. The maximum atomic E-state index is 6.54. The Labute approximate surface area is 204 Å². The molecular weight excluding hydrogens is 436 g/mol. The van der Waals surface area contributed by atoms with E-state index in [-0.39, 0.29) is 12.2 Å². The normalized spacial score (nSPS) is 22.9. The van der Waals surface area contributed by atoms with Crippen molar-refractivity contribution in [3.63, 3.8) is 0 Å². The molecule has 196 valence electrons. The van der Waals surface area contributed by atoms with Crippen molar-refractivity contribution >= 4 is 8.56 Å². The third-order valence-electron chi connectivity index (χ3n) is 6.83. The summed E-state index contributed by atoms with van der Waals surface area (Å²) in [6, 6.07) is 1.93. The molecule has 0 N–H and O–H groups in total. The average Bonchev–Trinajstić information content (AvgIpc) is 2.67. The van der Waals surface area contributed by atoms with Crippen molar-refractivity contribution in [1.82, 2.24) is 0 Å². The summed E-state index contributed by atoms with van der Waals surface area (Å²) in [6.07, 6.45) is 7.67. The van der Waals surface area contributed by atoms with Crippen LogP contribution in [0.5, 0.6) is 0 Å². The predicted molar refractivity (Wildman–Crippen MR) is 135 cm³/mol. The lowest BCUT2D eigenvalue weighted by molar-refractivity contribution is -0.103. The van der Waals surface area contributed by atoms with Gasteiger partial charge < -0.3 is 27.8 Å². The van der Waals surface area contributed by atoms with Crippen molar-refractivity contribution in [2.45, 2.75) is 117 Å². The van der Waals surface area contributed by atoms with E-state index in [9.17, 15) is 0 Å². The van der Waals surface area contributed by atoms with E-state index in [1.807, 2.05) is 0 Å². The van der Waals surface area contributed by atoms with Crippen molar-refractivity contribution in [1.29, 1.82) is 0 Å². The van der Waals surface area contributed by atoms with Crippen LogP contribution in [0.15, 0.2) is 0 Å². The van der Waals surface area contributed by atoms with E-state index in [1.54, 1.807) is 0 Å². The van der Waals surface area contributed by atoms with E-state index >= 15 is 0 Å². The van der Waals surface area contributed by atoms with Gasteiger partial charge in [0.15, 0.2) is 0 Å². The molecular formula is C26H52O6Si. The quantitative estimate of drug-likeness (QED) is 0.161. The lowest BCUT2D eigenvalue weighted by Gasteiger charge is -2.35. The minimum Gasteiger partial charge on any atom is -0.392 e. The summed E-state index contributed by atoms with van der Waals surface area (Å²) < 4.78 is 36.5. The minimum atomic E-state index is -2.34. The number of hydrogen-bond donors (Lipinski definition) is 0. The van der Waals surface area contributed by atoms with Crippen molar-refractivity contribution in [3.8, 4) is 0 Å². The van der Waals surface area contributed by atoms with Crippen LogP contribution in [0.3, 0.4) is 0 Å². The van der Waals surface area contributed by atoms with Gasteiger partial charge in [-0.15, -0.1) is 0 Å². The van der Waals surface area contributed by atoms with Crippen LogP contribution < -0.4 is 0 Å². The van der Waals surface area contributed by atoms with Gasteiger partial charge in [0.1, 0.15) is 0 Å². The van der Waals surface area contributed by atoms with Crippen LogP contribution in [-0.4, -0.2) is 72.6 Å². The Morgan fingerprint density at radius 1 is 0.727 bits per heavy atom. The lowest BCUT2D eigenvalue weighted by Crippen LogP contribution is -2.46. The molecule has 2 saturated heterocycles. The molecule has 2 aliphatic heterocycles. The second-order valence-electron chi connectivity index (χ2n) is 10.3.